The van der Waals surface area contributed by atoms with Crippen LogP contribution in [0.4, 0.5) is 5.69 Å². The molecule has 0 bridgehead atoms. The number of halogens is 1. The Hall–Kier alpha value is -3.32. The van der Waals surface area contributed by atoms with Crippen LogP contribution in [0.25, 0.3) is 11.1 Å². The molecule has 0 aliphatic carbocycles. The van der Waals surface area contributed by atoms with E-state index in [0.29, 0.717) is 5.02 Å². The van der Waals surface area contributed by atoms with E-state index in [4.69, 9.17) is 17.3 Å². The Morgan fingerprint density at radius 3 is 2.50 bits per heavy atom. The van der Waals surface area contributed by atoms with Gasteiger partial charge in [0, 0.05) is 11.6 Å². The summed E-state index contributed by atoms with van der Waals surface area (Å²) in [6.45, 7) is 0.203. The molecule has 0 atom stereocenters. The number of rotatable bonds is 4. The fraction of sp³-hybridized carbons (Fsp3) is 0.0556. The zero-order chi connectivity index (χ0) is 18.7. The van der Waals surface area contributed by atoms with E-state index in [1.54, 1.807) is 12.1 Å². The highest BCUT2D eigenvalue weighted by molar-refractivity contribution is 6.30. The van der Waals surface area contributed by atoms with Crippen LogP contribution < -0.4 is 22.3 Å². The van der Waals surface area contributed by atoms with Gasteiger partial charge in [-0.05, 0) is 34.9 Å². The fourth-order valence-electron chi connectivity index (χ4n) is 2.45. The Kier molecular flexibility index (Phi) is 4.90. The maximum absolute atomic E-state index is 12.2. The van der Waals surface area contributed by atoms with Crippen molar-refractivity contribution in [2.45, 2.75) is 6.54 Å². The SMILES string of the molecule is Nc1c(C(=O)NCc2cccc(-c3ccc(Cl)cc3)c2)[nH]c(=O)[nH]c1=O. The topological polar surface area (TPSA) is 121 Å². The predicted molar refractivity (Wildman–Crippen MR) is 100 cm³/mol. The van der Waals surface area contributed by atoms with E-state index in [1.807, 2.05) is 41.4 Å². The lowest BCUT2D eigenvalue weighted by Gasteiger charge is -2.08. The zero-order valence-corrected chi connectivity index (χ0v) is 14.3. The largest absolute Gasteiger partial charge is 0.392 e. The zero-order valence-electron chi connectivity index (χ0n) is 13.5. The molecule has 5 N–H and O–H groups in total. The molecule has 1 heterocycles. The van der Waals surface area contributed by atoms with Crippen molar-refractivity contribution < 1.29 is 4.79 Å². The fourth-order valence-corrected chi connectivity index (χ4v) is 2.58. The number of aromatic nitrogens is 2. The van der Waals surface area contributed by atoms with Gasteiger partial charge in [-0.3, -0.25) is 14.6 Å². The second-order valence-corrected chi connectivity index (χ2v) is 6.02. The molecule has 132 valence electrons. The third-order valence-corrected chi connectivity index (χ3v) is 4.02. The van der Waals surface area contributed by atoms with E-state index in [0.717, 1.165) is 16.7 Å². The summed E-state index contributed by atoms with van der Waals surface area (Å²) in [5.74, 6) is -0.636. The highest BCUT2D eigenvalue weighted by Gasteiger charge is 2.14. The number of anilines is 1. The summed E-state index contributed by atoms with van der Waals surface area (Å²) in [5, 5.41) is 3.29. The highest BCUT2D eigenvalue weighted by Crippen LogP contribution is 2.22. The summed E-state index contributed by atoms with van der Waals surface area (Å²) in [4.78, 5) is 39.2. The Labute approximate surface area is 152 Å². The molecule has 0 radical (unpaired) electrons. The van der Waals surface area contributed by atoms with Crippen molar-refractivity contribution in [1.82, 2.24) is 15.3 Å². The lowest BCUT2D eigenvalue weighted by Crippen LogP contribution is -2.33. The van der Waals surface area contributed by atoms with Gasteiger partial charge in [0.1, 0.15) is 11.4 Å². The Bertz CT molecular complexity index is 1070. The van der Waals surface area contributed by atoms with Gasteiger partial charge < -0.3 is 16.0 Å². The normalized spacial score (nSPS) is 10.5. The molecule has 26 heavy (non-hydrogen) atoms. The van der Waals surface area contributed by atoms with Crippen LogP contribution in [0, 0.1) is 0 Å². The molecular weight excluding hydrogens is 356 g/mol. The molecule has 0 aliphatic heterocycles. The predicted octanol–water partition coefficient (Wildman–Crippen LogP) is 1.90. The lowest BCUT2D eigenvalue weighted by molar-refractivity contribution is 0.0946. The van der Waals surface area contributed by atoms with Gasteiger partial charge >= 0.3 is 5.69 Å². The van der Waals surface area contributed by atoms with E-state index >= 15 is 0 Å². The number of hydrogen-bond donors (Lipinski definition) is 4. The van der Waals surface area contributed by atoms with Crippen LogP contribution in [-0.4, -0.2) is 15.9 Å². The number of benzene rings is 2. The first-order valence-electron chi connectivity index (χ1n) is 7.69. The van der Waals surface area contributed by atoms with Crippen LogP contribution >= 0.6 is 11.6 Å². The second kappa shape index (κ2) is 7.28. The third-order valence-electron chi connectivity index (χ3n) is 3.76. The van der Waals surface area contributed by atoms with Crippen molar-refractivity contribution in [3.05, 3.63) is 85.6 Å². The minimum atomic E-state index is -0.802. The van der Waals surface area contributed by atoms with Crippen LogP contribution in [-0.2, 0) is 6.54 Å². The molecule has 8 heteroatoms. The summed E-state index contributed by atoms with van der Waals surface area (Å²) in [6.07, 6.45) is 0. The van der Waals surface area contributed by atoms with Crippen LogP contribution in [0.15, 0.2) is 58.1 Å². The number of amides is 1. The van der Waals surface area contributed by atoms with Gasteiger partial charge in [0.25, 0.3) is 11.5 Å². The average Bonchev–Trinajstić information content (AvgIpc) is 2.63. The third kappa shape index (κ3) is 3.84. The maximum Gasteiger partial charge on any atom is 0.326 e. The molecule has 7 nitrogen and oxygen atoms in total. The number of carbonyl (C=O) groups is 1. The van der Waals surface area contributed by atoms with Crippen LogP contribution in [0.3, 0.4) is 0 Å². The Balaban J connectivity index is 1.77. The molecule has 2 aromatic carbocycles. The van der Waals surface area contributed by atoms with E-state index in [9.17, 15) is 14.4 Å². The van der Waals surface area contributed by atoms with Crippen molar-refractivity contribution in [3.8, 4) is 11.1 Å². The summed E-state index contributed by atoms with van der Waals surface area (Å²) in [5.41, 5.74) is 6.17. The van der Waals surface area contributed by atoms with Gasteiger partial charge in [-0.1, -0.05) is 41.9 Å². The minimum absolute atomic E-state index is 0.203. The summed E-state index contributed by atoms with van der Waals surface area (Å²) < 4.78 is 0. The molecular formula is C18H15ClN4O3. The molecule has 0 unspecified atom stereocenters. The van der Waals surface area contributed by atoms with Crippen molar-refractivity contribution >= 4 is 23.2 Å². The quantitative estimate of drug-likeness (QED) is 0.560. The molecule has 0 saturated heterocycles. The first-order chi connectivity index (χ1) is 12.4. The first kappa shape index (κ1) is 17.5. The molecule has 1 aromatic heterocycles. The van der Waals surface area contributed by atoms with Gasteiger partial charge in [-0.25, -0.2) is 4.79 Å². The summed E-state index contributed by atoms with van der Waals surface area (Å²) in [6, 6.07) is 15.0. The number of hydrogen-bond acceptors (Lipinski definition) is 4. The standard InChI is InChI=1S/C18H15ClN4O3/c19-13-6-4-11(5-7-13)12-3-1-2-10(8-12)9-21-17(25)15-14(20)16(24)23-18(26)22-15/h1-8H,9,20H2,(H,21,25)(H2,22,23,24,26). The maximum atomic E-state index is 12.2. The lowest BCUT2D eigenvalue weighted by atomic mass is 10.0. The number of H-pyrrole nitrogens is 2. The van der Waals surface area contributed by atoms with Crippen molar-refractivity contribution in [3.63, 3.8) is 0 Å². The average molecular weight is 371 g/mol. The van der Waals surface area contributed by atoms with Crippen molar-refractivity contribution in [2.24, 2.45) is 0 Å². The summed E-state index contributed by atoms with van der Waals surface area (Å²) in [7, 11) is 0. The highest BCUT2D eigenvalue weighted by atomic mass is 35.5. The molecule has 3 aromatic rings. The molecule has 1 amide bonds. The van der Waals surface area contributed by atoms with Crippen molar-refractivity contribution in [2.75, 3.05) is 5.73 Å². The van der Waals surface area contributed by atoms with Gasteiger partial charge in [0.15, 0.2) is 0 Å². The molecule has 3 rings (SSSR count). The minimum Gasteiger partial charge on any atom is -0.392 e. The molecule has 0 fully saturated rings. The van der Waals surface area contributed by atoms with E-state index in [1.165, 1.54) is 0 Å². The smallest absolute Gasteiger partial charge is 0.326 e. The van der Waals surface area contributed by atoms with Crippen LogP contribution in [0.1, 0.15) is 16.1 Å². The second-order valence-electron chi connectivity index (χ2n) is 5.59. The van der Waals surface area contributed by atoms with E-state index in [-0.39, 0.29) is 17.9 Å². The van der Waals surface area contributed by atoms with Crippen LogP contribution in [0.5, 0.6) is 0 Å². The number of nitrogens with two attached hydrogens (primary N) is 1. The summed E-state index contributed by atoms with van der Waals surface area (Å²) >= 11 is 5.90. The Morgan fingerprint density at radius 1 is 1.04 bits per heavy atom. The number of nitrogen functional groups attached to an aromatic ring is 1. The van der Waals surface area contributed by atoms with Crippen LogP contribution in [0.2, 0.25) is 5.02 Å². The molecule has 0 spiro atoms. The number of carbonyl (C=O) groups excluding carboxylic acids is 1. The van der Waals surface area contributed by atoms with Gasteiger partial charge in [0.05, 0.1) is 0 Å². The van der Waals surface area contributed by atoms with Gasteiger partial charge in [-0.15, -0.1) is 0 Å². The molecule has 0 aliphatic rings. The van der Waals surface area contributed by atoms with E-state index in [2.05, 4.69) is 10.3 Å². The first-order valence-corrected chi connectivity index (χ1v) is 8.07. The molecule has 0 saturated carbocycles. The monoisotopic (exact) mass is 370 g/mol. The van der Waals surface area contributed by atoms with Crippen molar-refractivity contribution in [1.29, 1.82) is 0 Å². The van der Waals surface area contributed by atoms with E-state index < -0.39 is 17.2 Å². The number of nitrogens with one attached hydrogen (secondary N) is 3. The Morgan fingerprint density at radius 2 is 1.77 bits per heavy atom. The number of aromatic amines is 2. The van der Waals surface area contributed by atoms with Gasteiger partial charge in [0.2, 0.25) is 0 Å². The van der Waals surface area contributed by atoms with Gasteiger partial charge in [-0.2, -0.15) is 0 Å².